The second kappa shape index (κ2) is 8.91. The monoisotopic (exact) mass is 492 g/mol. The standard InChI is InChI=1S/C27H22Cl2N2O3/c28-18-11-12-23-20(14-18)17(16-30-23)6-5-13-31-24-10-4-2-8-21(24)27(34,26(31)33)15-25(32)19-7-1-3-9-22(19)29/h1-4,7-12,14,16,30,34H,5-6,13,15H2/t27-/m1/s1. The van der Waals surface area contributed by atoms with Crippen molar-refractivity contribution in [2.24, 2.45) is 0 Å². The van der Waals surface area contributed by atoms with Gasteiger partial charge < -0.3 is 15.0 Å². The Labute approximate surface area is 206 Å². The van der Waals surface area contributed by atoms with Crippen LogP contribution in [0.1, 0.15) is 34.3 Å². The lowest BCUT2D eigenvalue weighted by Crippen LogP contribution is -2.42. The zero-order valence-corrected chi connectivity index (χ0v) is 19.7. The fraction of sp³-hybridized carbons (Fsp3) is 0.185. The first-order chi connectivity index (χ1) is 16.4. The summed E-state index contributed by atoms with van der Waals surface area (Å²) in [5.41, 5.74) is 1.56. The van der Waals surface area contributed by atoms with Gasteiger partial charge in [-0.25, -0.2) is 0 Å². The first-order valence-electron chi connectivity index (χ1n) is 11.1. The van der Waals surface area contributed by atoms with Crippen LogP contribution in [-0.4, -0.2) is 28.3 Å². The summed E-state index contributed by atoms with van der Waals surface area (Å²) in [4.78, 5) is 31.3. The normalized spacial score (nSPS) is 17.4. The Morgan fingerprint density at radius 2 is 1.79 bits per heavy atom. The van der Waals surface area contributed by atoms with Crippen LogP contribution in [0.3, 0.4) is 0 Å². The number of Topliss-reactive ketones (excluding diaryl/α,β-unsaturated/α-hetero) is 1. The molecule has 0 saturated heterocycles. The largest absolute Gasteiger partial charge is 0.375 e. The number of carbonyl (C=O) groups is 2. The van der Waals surface area contributed by atoms with E-state index in [-0.39, 0.29) is 12.2 Å². The maximum atomic E-state index is 13.5. The van der Waals surface area contributed by atoms with Crippen LogP contribution >= 0.6 is 23.2 Å². The van der Waals surface area contributed by atoms with Gasteiger partial charge >= 0.3 is 0 Å². The number of ketones is 1. The molecular weight excluding hydrogens is 471 g/mol. The minimum atomic E-state index is -1.93. The third-order valence-corrected chi connectivity index (χ3v) is 6.95. The van der Waals surface area contributed by atoms with E-state index in [2.05, 4.69) is 4.98 Å². The number of H-pyrrole nitrogens is 1. The van der Waals surface area contributed by atoms with E-state index in [0.717, 1.165) is 22.9 Å². The number of hydrogen-bond acceptors (Lipinski definition) is 3. The molecule has 1 atom stereocenters. The van der Waals surface area contributed by atoms with Crippen molar-refractivity contribution in [1.29, 1.82) is 0 Å². The molecule has 4 aromatic rings. The molecule has 172 valence electrons. The number of halogens is 2. The van der Waals surface area contributed by atoms with Crippen LogP contribution in [-0.2, 0) is 16.8 Å². The Morgan fingerprint density at radius 1 is 1.03 bits per heavy atom. The average molecular weight is 493 g/mol. The van der Waals surface area contributed by atoms with Crippen LogP contribution in [0.2, 0.25) is 10.0 Å². The van der Waals surface area contributed by atoms with E-state index in [1.807, 2.05) is 30.5 Å². The Bertz CT molecular complexity index is 1410. The molecule has 34 heavy (non-hydrogen) atoms. The second-order valence-corrected chi connectivity index (χ2v) is 9.37. The van der Waals surface area contributed by atoms with E-state index in [0.29, 0.717) is 39.8 Å². The van der Waals surface area contributed by atoms with Crippen LogP contribution in [0.4, 0.5) is 5.69 Å². The van der Waals surface area contributed by atoms with Gasteiger partial charge in [0.25, 0.3) is 5.91 Å². The smallest absolute Gasteiger partial charge is 0.264 e. The van der Waals surface area contributed by atoms with Gasteiger partial charge in [-0.3, -0.25) is 9.59 Å². The van der Waals surface area contributed by atoms with Crippen molar-refractivity contribution in [2.45, 2.75) is 24.9 Å². The van der Waals surface area contributed by atoms with E-state index in [4.69, 9.17) is 23.2 Å². The van der Waals surface area contributed by atoms with Crippen LogP contribution in [0.25, 0.3) is 10.9 Å². The Kier molecular flexibility index (Phi) is 5.94. The number of benzene rings is 3. The first kappa shape index (κ1) is 22.7. The summed E-state index contributed by atoms with van der Waals surface area (Å²) in [5, 5.41) is 13.5. The van der Waals surface area contributed by atoms with E-state index in [1.165, 1.54) is 0 Å². The predicted molar refractivity (Wildman–Crippen MR) is 135 cm³/mol. The zero-order valence-electron chi connectivity index (χ0n) is 18.2. The van der Waals surface area contributed by atoms with Gasteiger partial charge in [0.05, 0.1) is 17.1 Å². The molecule has 1 aliphatic rings. The number of nitrogens with zero attached hydrogens (tertiary/aromatic N) is 1. The number of para-hydroxylation sites is 1. The molecule has 1 aliphatic heterocycles. The van der Waals surface area contributed by atoms with Crippen molar-refractivity contribution in [3.63, 3.8) is 0 Å². The molecule has 0 unspecified atom stereocenters. The highest BCUT2D eigenvalue weighted by Crippen LogP contribution is 2.43. The van der Waals surface area contributed by atoms with Crippen molar-refractivity contribution in [3.8, 4) is 0 Å². The summed E-state index contributed by atoms with van der Waals surface area (Å²) >= 11 is 12.3. The molecule has 5 rings (SSSR count). The van der Waals surface area contributed by atoms with Crippen LogP contribution in [0.5, 0.6) is 0 Å². The number of aryl methyl sites for hydroxylation is 1. The summed E-state index contributed by atoms with van der Waals surface area (Å²) in [6.07, 6.45) is 2.99. The van der Waals surface area contributed by atoms with Gasteiger partial charge in [-0.1, -0.05) is 53.5 Å². The molecular formula is C27H22Cl2N2O3. The summed E-state index contributed by atoms with van der Waals surface area (Å²) in [6.45, 7) is 0.408. The third-order valence-electron chi connectivity index (χ3n) is 6.39. The summed E-state index contributed by atoms with van der Waals surface area (Å²) in [7, 11) is 0. The molecule has 2 N–H and O–H groups in total. The number of aromatic nitrogens is 1. The quantitative estimate of drug-likeness (QED) is 0.314. The van der Waals surface area contributed by atoms with Gasteiger partial charge in [-0.05, 0) is 54.8 Å². The van der Waals surface area contributed by atoms with Crippen molar-refractivity contribution in [3.05, 3.63) is 99.7 Å². The first-order valence-corrected chi connectivity index (χ1v) is 11.8. The molecule has 0 fully saturated rings. The number of carbonyl (C=O) groups excluding carboxylic acids is 2. The number of nitrogens with one attached hydrogen (secondary N) is 1. The van der Waals surface area contributed by atoms with Crippen molar-refractivity contribution < 1.29 is 14.7 Å². The van der Waals surface area contributed by atoms with E-state index in [9.17, 15) is 14.7 Å². The van der Waals surface area contributed by atoms with E-state index >= 15 is 0 Å². The highest BCUT2D eigenvalue weighted by Gasteiger charge is 2.50. The van der Waals surface area contributed by atoms with Gasteiger partial charge in [0, 0.05) is 39.8 Å². The number of hydrogen-bond donors (Lipinski definition) is 2. The highest BCUT2D eigenvalue weighted by atomic mass is 35.5. The summed E-state index contributed by atoms with van der Waals surface area (Å²) in [5.74, 6) is -0.871. The third kappa shape index (κ3) is 3.90. The molecule has 2 heterocycles. The molecule has 0 aliphatic carbocycles. The van der Waals surface area contributed by atoms with Gasteiger partial charge in [-0.15, -0.1) is 0 Å². The number of fused-ring (bicyclic) bond motifs is 2. The van der Waals surface area contributed by atoms with Crippen molar-refractivity contribution >= 4 is 51.5 Å². The lowest BCUT2D eigenvalue weighted by molar-refractivity contribution is -0.135. The number of anilines is 1. The van der Waals surface area contributed by atoms with Crippen LogP contribution in [0.15, 0.2) is 72.9 Å². The van der Waals surface area contributed by atoms with Crippen LogP contribution in [0, 0.1) is 0 Å². The van der Waals surface area contributed by atoms with Gasteiger partial charge in [-0.2, -0.15) is 0 Å². The highest BCUT2D eigenvalue weighted by molar-refractivity contribution is 6.34. The average Bonchev–Trinajstić information content (AvgIpc) is 3.31. The SMILES string of the molecule is O=C(C[C@]1(O)C(=O)N(CCCc2c[nH]c3ccc(Cl)cc23)c2ccccc21)c1ccccc1Cl. The number of aliphatic hydroxyl groups is 1. The molecule has 5 nitrogen and oxygen atoms in total. The van der Waals surface area contributed by atoms with Crippen molar-refractivity contribution in [2.75, 3.05) is 11.4 Å². The van der Waals surface area contributed by atoms with Crippen molar-refractivity contribution in [1.82, 2.24) is 4.98 Å². The molecule has 0 spiro atoms. The number of amides is 1. The lowest BCUT2D eigenvalue weighted by atomic mass is 9.88. The lowest BCUT2D eigenvalue weighted by Gasteiger charge is -2.23. The summed E-state index contributed by atoms with van der Waals surface area (Å²) in [6, 6.07) is 19.5. The Hall–Kier alpha value is -3.12. The predicted octanol–water partition coefficient (Wildman–Crippen LogP) is 5.91. The minimum Gasteiger partial charge on any atom is -0.375 e. The van der Waals surface area contributed by atoms with Gasteiger partial charge in [0.2, 0.25) is 0 Å². The molecule has 7 heteroatoms. The molecule has 0 radical (unpaired) electrons. The number of rotatable bonds is 7. The van der Waals surface area contributed by atoms with E-state index in [1.54, 1.807) is 47.4 Å². The Morgan fingerprint density at radius 3 is 2.62 bits per heavy atom. The summed E-state index contributed by atoms with van der Waals surface area (Å²) < 4.78 is 0. The molecule has 1 amide bonds. The fourth-order valence-corrected chi connectivity index (χ4v) is 5.11. The maximum Gasteiger partial charge on any atom is 0.264 e. The topological polar surface area (TPSA) is 73.4 Å². The van der Waals surface area contributed by atoms with Gasteiger partial charge in [0.15, 0.2) is 11.4 Å². The van der Waals surface area contributed by atoms with E-state index < -0.39 is 11.5 Å². The zero-order chi connectivity index (χ0) is 23.9. The molecule has 1 aromatic heterocycles. The molecule has 0 saturated carbocycles. The number of aromatic amines is 1. The van der Waals surface area contributed by atoms with Crippen LogP contribution < -0.4 is 4.90 Å². The van der Waals surface area contributed by atoms with Gasteiger partial charge in [0.1, 0.15) is 0 Å². The maximum absolute atomic E-state index is 13.5. The second-order valence-electron chi connectivity index (χ2n) is 8.52. The fourth-order valence-electron chi connectivity index (χ4n) is 4.70. The molecule has 0 bridgehead atoms. The minimum absolute atomic E-state index is 0.291. The Balaban J connectivity index is 1.36. The molecule has 3 aromatic carbocycles.